The number of carbonyl (C=O) groups excluding carboxylic acids is 2. The number of aromatic nitrogens is 1. The number of carbonyl (C=O) groups is 2. The van der Waals surface area contributed by atoms with Crippen LogP contribution in [0.15, 0.2) is 29.2 Å². The molecule has 33 heavy (non-hydrogen) atoms. The average Bonchev–Trinajstić information content (AvgIpc) is 2.77. The fourth-order valence-corrected chi connectivity index (χ4v) is 5.30. The predicted octanol–water partition coefficient (Wildman–Crippen LogP) is 3.32. The van der Waals surface area contributed by atoms with Gasteiger partial charge in [-0.15, -0.1) is 0 Å². The normalized spacial score (nSPS) is 21.5. The molecule has 2 aromatic rings. The molecule has 1 saturated carbocycles. The highest BCUT2D eigenvalue weighted by molar-refractivity contribution is 14.1. The van der Waals surface area contributed by atoms with E-state index in [-0.39, 0.29) is 46.1 Å². The summed E-state index contributed by atoms with van der Waals surface area (Å²) in [4.78, 5) is 41.0. The first kappa shape index (κ1) is 24.0. The van der Waals surface area contributed by atoms with Crippen molar-refractivity contribution < 1.29 is 21.8 Å². The lowest BCUT2D eigenvalue weighted by molar-refractivity contribution is -0.0909. The molecule has 1 aromatic heterocycles. The van der Waals surface area contributed by atoms with Crippen LogP contribution < -0.4 is 13.8 Å². The highest BCUT2D eigenvalue weighted by atomic mass is 127. The molecule has 2 amide bonds. The Bertz CT molecular complexity index is 1180. The fraction of sp³-hybridized carbons (Fsp3) is 0.409. The summed E-state index contributed by atoms with van der Waals surface area (Å²) < 4.78 is 26.5. The molecule has 2 aliphatic rings. The van der Waals surface area contributed by atoms with Gasteiger partial charge >= 0.3 is 0 Å². The minimum Gasteiger partial charge on any atom is -0.421 e. The largest absolute Gasteiger partial charge is 0.421 e. The van der Waals surface area contributed by atoms with Gasteiger partial charge in [0.1, 0.15) is 11.4 Å². The van der Waals surface area contributed by atoms with E-state index in [2.05, 4.69) is 5.32 Å². The number of rotatable bonds is 6. The van der Waals surface area contributed by atoms with Crippen LogP contribution in [0.5, 0.6) is 5.75 Å². The number of nitrogens with zero attached hydrogens (tertiary/aromatic N) is 2. The van der Waals surface area contributed by atoms with Crippen LogP contribution >= 0.6 is 34.6 Å². The minimum atomic E-state index is -0.705. The van der Waals surface area contributed by atoms with Gasteiger partial charge in [-0.2, -0.15) is 0 Å². The first-order valence-electron chi connectivity index (χ1n) is 10.4. The zero-order valence-corrected chi connectivity index (χ0v) is 20.9. The lowest BCUT2D eigenvalue weighted by Crippen LogP contribution is -2.66. The Hall–Kier alpha value is -2.18. The van der Waals surface area contributed by atoms with E-state index in [1.807, 2.05) is 6.92 Å². The van der Waals surface area contributed by atoms with Crippen molar-refractivity contribution in [1.29, 1.82) is 0 Å². The van der Waals surface area contributed by atoms with Gasteiger partial charge in [-0.25, -0.2) is 4.39 Å². The molecule has 1 aliphatic carbocycles. The lowest BCUT2D eigenvalue weighted by atomic mass is 9.71. The summed E-state index contributed by atoms with van der Waals surface area (Å²) in [6, 6.07) is 4.47. The van der Waals surface area contributed by atoms with Crippen LogP contribution in [-0.4, -0.2) is 46.6 Å². The van der Waals surface area contributed by atoms with Crippen molar-refractivity contribution >= 4 is 46.4 Å². The Balaban J connectivity index is 1.68. The Labute approximate surface area is 208 Å². The molecule has 1 spiro atoms. The van der Waals surface area contributed by atoms with Crippen LogP contribution in [0.3, 0.4) is 0 Å². The van der Waals surface area contributed by atoms with E-state index in [0.29, 0.717) is 25.9 Å². The molecule has 2 heterocycles. The SMILES string of the molecule is CCN1C(=O)c2c(OI)c(=O)c(C(=O)NCc3cccc(Cl)c3F)cn2C[C@]12C[C@@H](OC)C2. The number of hydrogen-bond donors (Lipinski definition) is 1. The minimum absolute atomic E-state index is 0.0449. The number of fused-ring (bicyclic) bond motifs is 1. The number of hydrogen-bond acceptors (Lipinski definition) is 5. The van der Waals surface area contributed by atoms with Gasteiger partial charge in [0.15, 0.2) is 28.7 Å². The molecule has 1 N–H and O–H groups in total. The van der Waals surface area contributed by atoms with Crippen molar-refractivity contribution in [2.75, 3.05) is 13.7 Å². The second kappa shape index (κ2) is 9.22. The average molecular weight is 590 g/mol. The number of halogens is 3. The zero-order valence-electron chi connectivity index (χ0n) is 18.0. The highest BCUT2D eigenvalue weighted by Gasteiger charge is 2.54. The summed E-state index contributed by atoms with van der Waals surface area (Å²) in [5.41, 5.74) is -1.05. The maximum Gasteiger partial charge on any atom is 0.275 e. The van der Waals surface area contributed by atoms with Crippen LogP contribution in [0.4, 0.5) is 4.39 Å². The molecule has 11 heteroatoms. The second-order valence-corrected chi connectivity index (χ2v) is 9.04. The number of nitrogens with one attached hydrogen (secondary N) is 1. The first-order valence-corrected chi connectivity index (χ1v) is 11.6. The van der Waals surface area contributed by atoms with Gasteiger partial charge in [-0.1, -0.05) is 23.7 Å². The molecule has 0 unspecified atom stereocenters. The van der Waals surface area contributed by atoms with Crippen molar-refractivity contribution in [2.45, 2.75) is 44.5 Å². The van der Waals surface area contributed by atoms with E-state index < -0.39 is 22.7 Å². The van der Waals surface area contributed by atoms with Crippen molar-refractivity contribution in [3.63, 3.8) is 0 Å². The number of pyridine rings is 1. The molecule has 0 radical (unpaired) electrons. The van der Waals surface area contributed by atoms with E-state index in [1.54, 1.807) is 22.6 Å². The van der Waals surface area contributed by atoms with Gasteiger partial charge in [-0.3, -0.25) is 14.4 Å². The summed E-state index contributed by atoms with van der Waals surface area (Å²) in [6.07, 6.45) is 2.74. The number of benzene rings is 1. The summed E-state index contributed by atoms with van der Waals surface area (Å²) in [6.45, 7) is 2.60. The Morgan fingerprint density at radius 1 is 1.36 bits per heavy atom. The zero-order chi connectivity index (χ0) is 23.9. The van der Waals surface area contributed by atoms with E-state index >= 15 is 0 Å². The lowest BCUT2D eigenvalue weighted by Gasteiger charge is -2.56. The molecule has 1 aromatic carbocycles. The summed E-state index contributed by atoms with van der Waals surface area (Å²) in [5, 5.41) is 2.49. The van der Waals surface area contributed by atoms with E-state index in [4.69, 9.17) is 19.4 Å². The molecule has 176 valence electrons. The molecule has 1 fully saturated rings. The topological polar surface area (TPSA) is 89.9 Å². The van der Waals surface area contributed by atoms with Gasteiger partial charge in [0.25, 0.3) is 11.8 Å². The number of amides is 2. The van der Waals surface area contributed by atoms with Crippen LogP contribution in [0.1, 0.15) is 46.2 Å². The van der Waals surface area contributed by atoms with Crippen molar-refractivity contribution in [3.8, 4) is 5.75 Å². The van der Waals surface area contributed by atoms with E-state index in [0.717, 1.165) is 0 Å². The third kappa shape index (κ3) is 4.01. The van der Waals surface area contributed by atoms with Crippen LogP contribution in [0.2, 0.25) is 5.02 Å². The number of ether oxygens (including phenoxy) is 1. The summed E-state index contributed by atoms with van der Waals surface area (Å²) in [5.74, 6) is -1.86. The van der Waals surface area contributed by atoms with Crippen LogP contribution in [-0.2, 0) is 17.8 Å². The Morgan fingerprint density at radius 2 is 2.09 bits per heavy atom. The van der Waals surface area contributed by atoms with Crippen molar-refractivity contribution in [1.82, 2.24) is 14.8 Å². The first-order chi connectivity index (χ1) is 15.8. The molecular formula is C22H22ClFIN3O5. The van der Waals surface area contributed by atoms with Gasteiger partial charge in [0.05, 0.1) is 16.7 Å². The molecule has 0 atom stereocenters. The Morgan fingerprint density at radius 3 is 2.73 bits per heavy atom. The fourth-order valence-electron chi connectivity index (χ4n) is 4.70. The number of methoxy groups -OCH3 is 1. The molecule has 0 bridgehead atoms. The standard InChI is InChI=1S/C22H22ClFIN3O5/c1-3-28-21(31)17-19(33-25)18(29)14(10-27(17)11-22(28)7-13(8-22)32-2)20(30)26-9-12-5-4-6-15(23)16(12)24/h4-6,10,13H,3,7-9,11H2,1-2H3,(H,26,30)/t13-,22-. The van der Waals surface area contributed by atoms with Crippen LogP contribution in [0, 0.1) is 5.82 Å². The predicted molar refractivity (Wildman–Crippen MR) is 127 cm³/mol. The van der Waals surface area contributed by atoms with Gasteiger partial charge < -0.3 is 22.6 Å². The van der Waals surface area contributed by atoms with E-state index in [1.165, 1.54) is 41.3 Å². The molecule has 1 aliphatic heterocycles. The van der Waals surface area contributed by atoms with Gasteiger partial charge in [0.2, 0.25) is 11.2 Å². The molecule has 4 rings (SSSR count). The maximum atomic E-state index is 14.2. The number of likely N-dealkylation sites (N-methyl/N-ethyl adjacent to an activating group) is 1. The van der Waals surface area contributed by atoms with Gasteiger partial charge in [-0.05, 0) is 25.8 Å². The Kier molecular flexibility index (Phi) is 6.70. The third-order valence-electron chi connectivity index (χ3n) is 6.38. The van der Waals surface area contributed by atoms with E-state index in [9.17, 15) is 18.8 Å². The molecule has 0 saturated heterocycles. The smallest absolute Gasteiger partial charge is 0.275 e. The van der Waals surface area contributed by atoms with Crippen molar-refractivity contribution in [2.24, 2.45) is 0 Å². The quantitative estimate of drug-likeness (QED) is 0.523. The maximum absolute atomic E-state index is 14.2. The van der Waals surface area contributed by atoms with Crippen LogP contribution in [0.25, 0.3) is 0 Å². The third-order valence-corrected chi connectivity index (χ3v) is 7.11. The molecular weight excluding hydrogens is 568 g/mol. The van der Waals surface area contributed by atoms with Gasteiger partial charge in [0, 0.05) is 38.5 Å². The molecule has 8 nitrogen and oxygen atoms in total. The summed E-state index contributed by atoms with van der Waals surface area (Å²) in [7, 11) is 1.64. The van der Waals surface area contributed by atoms with Crippen molar-refractivity contribution in [3.05, 3.63) is 62.3 Å². The highest BCUT2D eigenvalue weighted by Crippen LogP contribution is 2.45. The second-order valence-electron chi connectivity index (χ2n) is 8.19. The summed E-state index contributed by atoms with van der Waals surface area (Å²) >= 11 is 7.33. The monoisotopic (exact) mass is 589 g/mol.